The second-order valence-electron chi connectivity index (χ2n) is 7.65. The summed E-state index contributed by atoms with van der Waals surface area (Å²) in [6, 6.07) is 13.6. The number of morpholine rings is 1. The Kier molecular flexibility index (Phi) is 6.12. The van der Waals surface area contributed by atoms with Crippen molar-refractivity contribution in [3.05, 3.63) is 72.3 Å². The fourth-order valence-corrected chi connectivity index (χ4v) is 3.86. The summed E-state index contributed by atoms with van der Waals surface area (Å²) in [5.41, 5.74) is 2.58. The summed E-state index contributed by atoms with van der Waals surface area (Å²) in [4.78, 5) is 17.9. The molecular formula is C24H25N7O2. The molecule has 0 aliphatic carbocycles. The molecule has 4 heterocycles. The summed E-state index contributed by atoms with van der Waals surface area (Å²) >= 11 is 0. The molecule has 1 aromatic carbocycles. The first-order valence-corrected chi connectivity index (χ1v) is 10.9. The number of benzene rings is 1. The van der Waals surface area contributed by atoms with Crippen LogP contribution in [-0.2, 0) is 11.2 Å². The van der Waals surface area contributed by atoms with Crippen LogP contribution in [0.15, 0.2) is 66.8 Å². The lowest BCUT2D eigenvalue weighted by molar-refractivity contribution is 0.122. The number of hydrogen-bond donors (Lipinski definition) is 2. The molecule has 0 bridgehead atoms. The van der Waals surface area contributed by atoms with E-state index in [1.165, 1.54) is 6.21 Å². The van der Waals surface area contributed by atoms with Crippen molar-refractivity contribution in [2.45, 2.75) is 6.42 Å². The average molecular weight is 444 g/mol. The Morgan fingerprint density at radius 2 is 1.91 bits per heavy atom. The number of nitrogens with one attached hydrogen (secondary N) is 2. The minimum Gasteiger partial charge on any atom is -0.437 e. The zero-order chi connectivity index (χ0) is 22.5. The molecule has 0 saturated carbocycles. The van der Waals surface area contributed by atoms with E-state index in [4.69, 9.17) is 24.9 Å². The predicted octanol–water partition coefficient (Wildman–Crippen LogP) is 3.47. The van der Waals surface area contributed by atoms with E-state index in [0.29, 0.717) is 62.5 Å². The number of nitrogens with zero attached hydrogens (tertiary/aromatic N) is 5. The van der Waals surface area contributed by atoms with Crippen LogP contribution >= 0.6 is 0 Å². The van der Waals surface area contributed by atoms with E-state index < -0.39 is 0 Å². The largest absolute Gasteiger partial charge is 0.437 e. The molecule has 2 N–H and O–H groups in total. The third-order valence-electron chi connectivity index (χ3n) is 5.54. The van der Waals surface area contributed by atoms with E-state index in [1.54, 1.807) is 12.4 Å². The second-order valence-corrected chi connectivity index (χ2v) is 7.65. The molecule has 0 unspecified atom stereocenters. The molecule has 0 radical (unpaired) electrons. The van der Waals surface area contributed by atoms with Gasteiger partial charge in [-0.1, -0.05) is 18.2 Å². The Bertz CT molecular complexity index is 1130. The lowest BCUT2D eigenvalue weighted by Crippen LogP contribution is -2.37. The van der Waals surface area contributed by atoms with Crippen LogP contribution in [0.4, 0.5) is 17.5 Å². The van der Waals surface area contributed by atoms with Crippen LogP contribution in [0, 0.1) is 5.41 Å². The second kappa shape index (κ2) is 9.66. The van der Waals surface area contributed by atoms with Crippen molar-refractivity contribution in [1.82, 2.24) is 15.0 Å². The molecule has 2 aromatic heterocycles. The highest BCUT2D eigenvalue weighted by molar-refractivity contribution is 5.84. The van der Waals surface area contributed by atoms with Gasteiger partial charge >= 0.3 is 0 Å². The Hall–Kier alpha value is -3.98. The monoisotopic (exact) mass is 443 g/mol. The first-order valence-electron chi connectivity index (χ1n) is 10.9. The molecule has 2 aliphatic rings. The molecule has 0 amide bonds. The molecule has 9 nitrogen and oxygen atoms in total. The van der Waals surface area contributed by atoms with Crippen molar-refractivity contribution in [3.63, 3.8) is 0 Å². The highest BCUT2D eigenvalue weighted by Gasteiger charge is 2.30. The molecule has 3 aromatic rings. The van der Waals surface area contributed by atoms with E-state index in [-0.39, 0.29) is 0 Å². The first kappa shape index (κ1) is 20.9. The quantitative estimate of drug-likeness (QED) is 0.536. The van der Waals surface area contributed by atoms with Gasteiger partial charge in [0.2, 0.25) is 11.8 Å². The Balaban J connectivity index is 1.50. The van der Waals surface area contributed by atoms with Gasteiger partial charge in [-0.2, -0.15) is 9.97 Å². The summed E-state index contributed by atoms with van der Waals surface area (Å²) < 4.78 is 11.6. The van der Waals surface area contributed by atoms with E-state index >= 15 is 0 Å². The van der Waals surface area contributed by atoms with Crippen LogP contribution in [0.1, 0.15) is 5.56 Å². The van der Waals surface area contributed by atoms with Crippen LogP contribution in [0.3, 0.4) is 0 Å². The van der Waals surface area contributed by atoms with Crippen molar-refractivity contribution in [1.29, 1.82) is 5.41 Å². The number of pyridine rings is 1. The van der Waals surface area contributed by atoms with E-state index in [2.05, 4.69) is 15.2 Å². The number of aromatic nitrogens is 3. The minimum absolute atomic E-state index is 0.525. The van der Waals surface area contributed by atoms with Crippen LogP contribution in [-0.4, -0.2) is 54.0 Å². The molecular weight excluding hydrogens is 418 g/mol. The summed E-state index contributed by atoms with van der Waals surface area (Å²) in [5, 5.41) is 11.3. The molecule has 9 heteroatoms. The lowest BCUT2D eigenvalue weighted by atomic mass is 10.2. The van der Waals surface area contributed by atoms with Crippen LogP contribution in [0.25, 0.3) is 0 Å². The third kappa shape index (κ3) is 4.63. The summed E-state index contributed by atoms with van der Waals surface area (Å²) in [7, 11) is 0. The number of hydrogen-bond acceptors (Lipinski definition) is 9. The zero-order valence-electron chi connectivity index (χ0n) is 18.1. The number of para-hydroxylation sites is 1. The topological polar surface area (TPSA) is 99.5 Å². The van der Waals surface area contributed by atoms with Crippen LogP contribution < -0.4 is 19.9 Å². The third-order valence-corrected chi connectivity index (χ3v) is 5.54. The van der Waals surface area contributed by atoms with Gasteiger partial charge in [-0.05, 0) is 30.7 Å². The molecule has 5 rings (SSSR count). The lowest BCUT2D eigenvalue weighted by Gasteiger charge is -2.28. The summed E-state index contributed by atoms with van der Waals surface area (Å²) in [6.07, 6.45) is 7.25. The number of allylic oxidation sites excluding steroid dienone is 1. The van der Waals surface area contributed by atoms with E-state index in [1.807, 2.05) is 53.6 Å². The van der Waals surface area contributed by atoms with Crippen molar-refractivity contribution in [2.75, 3.05) is 48.0 Å². The van der Waals surface area contributed by atoms with E-state index in [9.17, 15) is 0 Å². The SMILES string of the molecule is N=C/C(=C\Nc1ccccc1)N1CCc2c(Oc3cccnc3)nc(N3CCOCC3)nc21. The predicted molar refractivity (Wildman–Crippen MR) is 127 cm³/mol. The molecule has 168 valence electrons. The maximum absolute atomic E-state index is 8.03. The fraction of sp³-hybridized carbons (Fsp3) is 0.250. The zero-order valence-corrected chi connectivity index (χ0v) is 18.1. The van der Waals surface area contributed by atoms with Crippen molar-refractivity contribution in [2.24, 2.45) is 0 Å². The van der Waals surface area contributed by atoms with Crippen molar-refractivity contribution < 1.29 is 9.47 Å². The van der Waals surface area contributed by atoms with Gasteiger partial charge in [0.25, 0.3) is 0 Å². The van der Waals surface area contributed by atoms with Gasteiger partial charge in [0.1, 0.15) is 11.6 Å². The van der Waals surface area contributed by atoms with Crippen LogP contribution in [0.2, 0.25) is 0 Å². The smallest absolute Gasteiger partial charge is 0.230 e. The molecule has 0 spiro atoms. The van der Waals surface area contributed by atoms with Gasteiger partial charge in [-0.3, -0.25) is 4.98 Å². The highest BCUT2D eigenvalue weighted by Crippen LogP contribution is 2.37. The molecule has 1 fully saturated rings. The normalized spacial score (nSPS) is 15.8. The average Bonchev–Trinajstić information content (AvgIpc) is 3.30. The highest BCUT2D eigenvalue weighted by atomic mass is 16.5. The van der Waals surface area contributed by atoms with Gasteiger partial charge in [0.05, 0.1) is 30.7 Å². The number of ether oxygens (including phenoxy) is 2. The summed E-state index contributed by atoms with van der Waals surface area (Å²) in [6.45, 7) is 3.38. The maximum atomic E-state index is 8.03. The maximum Gasteiger partial charge on any atom is 0.230 e. The molecule has 2 aliphatic heterocycles. The molecule has 0 atom stereocenters. The first-order chi connectivity index (χ1) is 16.3. The number of anilines is 3. The van der Waals surface area contributed by atoms with Crippen molar-refractivity contribution in [3.8, 4) is 11.6 Å². The van der Waals surface area contributed by atoms with Gasteiger partial charge in [0.15, 0.2) is 0 Å². The Morgan fingerprint density at radius 1 is 1.06 bits per heavy atom. The van der Waals surface area contributed by atoms with E-state index in [0.717, 1.165) is 17.1 Å². The fourth-order valence-electron chi connectivity index (χ4n) is 3.86. The van der Waals surface area contributed by atoms with Gasteiger partial charge in [-0.15, -0.1) is 0 Å². The van der Waals surface area contributed by atoms with Gasteiger partial charge in [0, 0.05) is 43.9 Å². The van der Waals surface area contributed by atoms with Crippen molar-refractivity contribution >= 4 is 23.7 Å². The van der Waals surface area contributed by atoms with Crippen LogP contribution in [0.5, 0.6) is 11.6 Å². The number of rotatable bonds is 7. The number of fused-ring (bicyclic) bond motifs is 1. The Morgan fingerprint density at radius 3 is 2.67 bits per heavy atom. The molecule has 1 saturated heterocycles. The van der Waals surface area contributed by atoms with Gasteiger partial charge < -0.3 is 30.0 Å². The Labute approximate surface area is 192 Å². The molecule has 33 heavy (non-hydrogen) atoms. The van der Waals surface area contributed by atoms with Gasteiger partial charge in [-0.25, -0.2) is 0 Å². The summed E-state index contributed by atoms with van der Waals surface area (Å²) in [5.74, 6) is 2.51. The standard InChI is InChI=1S/C24H25N7O2/c25-15-19(16-27-18-5-2-1-3-6-18)31-10-8-21-22(31)28-24(30-11-13-32-14-12-30)29-23(21)33-20-7-4-9-26-17-20/h1-7,9,15-17,25,27H,8,10-14H2/b19-16+,25-15?. The minimum atomic E-state index is 0.525.